The maximum absolute atomic E-state index is 13.1. The van der Waals surface area contributed by atoms with Crippen LogP contribution in [0.15, 0.2) is 48.5 Å². The second kappa shape index (κ2) is 8.84. The molecule has 3 amide bonds. The highest BCUT2D eigenvalue weighted by Gasteiger charge is 2.39. The van der Waals surface area contributed by atoms with Crippen molar-refractivity contribution >= 4 is 17.7 Å². The highest BCUT2D eigenvalue weighted by molar-refractivity contribution is 6.05. The molecule has 2 unspecified atom stereocenters. The molecular formula is C25H28N4O3. The number of benzene rings is 2. The fourth-order valence-corrected chi connectivity index (χ4v) is 5.06. The number of hydrogen-bond acceptors (Lipinski definition) is 5. The highest BCUT2D eigenvalue weighted by atomic mass is 16.2. The molecule has 2 saturated heterocycles. The molecule has 2 aromatic carbocycles. The molecule has 0 saturated carbocycles. The first kappa shape index (κ1) is 20.8. The van der Waals surface area contributed by atoms with E-state index in [2.05, 4.69) is 45.9 Å². The van der Waals surface area contributed by atoms with E-state index in [0.717, 1.165) is 43.7 Å². The SMILES string of the molecule is O=C1CCC(N2Cc3ccc(CN4CCCNCC4c4ccccc4)cc3C2=O)C(=O)N1. The molecule has 0 aromatic heterocycles. The van der Waals surface area contributed by atoms with E-state index >= 15 is 0 Å². The summed E-state index contributed by atoms with van der Waals surface area (Å²) in [5, 5.41) is 5.91. The van der Waals surface area contributed by atoms with Gasteiger partial charge in [0, 0.05) is 44.2 Å². The molecule has 2 fully saturated rings. The van der Waals surface area contributed by atoms with Crippen LogP contribution in [0, 0.1) is 0 Å². The third kappa shape index (κ3) is 4.06. The van der Waals surface area contributed by atoms with Crippen LogP contribution >= 0.6 is 0 Å². The number of imide groups is 1. The lowest BCUT2D eigenvalue weighted by Crippen LogP contribution is -2.52. The van der Waals surface area contributed by atoms with Crippen LogP contribution in [0.4, 0.5) is 0 Å². The van der Waals surface area contributed by atoms with Gasteiger partial charge in [-0.15, -0.1) is 0 Å². The van der Waals surface area contributed by atoms with Crippen molar-refractivity contribution in [3.8, 4) is 0 Å². The van der Waals surface area contributed by atoms with Crippen LogP contribution < -0.4 is 10.6 Å². The number of fused-ring (bicyclic) bond motifs is 1. The molecule has 2 aromatic rings. The summed E-state index contributed by atoms with van der Waals surface area (Å²) in [4.78, 5) is 41.0. The summed E-state index contributed by atoms with van der Waals surface area (Å²) < 4.78 is 0. The number of hydrogen-bond donors (Lipinski definition) is 2. The Kier molecular flexibility index (Phi) is 5.76. The minimum Gasteiger partial charge on any atom is -0.322 e. The van der Waals surface area contributed by atoms with Crippen LogP contribution in [0.25, 0.3) is 0 Å². The second-order valence-electron chi connectivity index (χ2n) is 8.85. The van der Waals surface area contributed by atoms with E-state index in [0.29, 0.717) is 18.5 Å². The number of carbonyl (C=O) groups is 3. The first-order valence-electron chi connectivity index (χ1n) is 11.4. The second-order valence-corrected chi connectivity index (χ2v) is 8.85. The molecule has 5 rings (SSSR count). The largest absolute Gasteiger partial charge is 0.322 e. The van der Waals surface area contributed by atoms with Crippen molar-refractivity contribution in [1.82, 2.24) is 20.4 Å². The number of amides is 3. The fourth-order valence-electron chi connectivity index (χ4n) is 5.06. The summed E-state index contributed by atoms with van der Waals surface area (Å²) in [5.74, 6) is -0.753. The third-order valence-electron chi connectivity index (χ3n) is 6.74. The molecule has 166 valence electrons. The van der Waals surface area contributed by atoms with Crippen molar-refractivity contribution in [2.75, 3.05) is 19.6 Å². The van der Waals surface area contributed by atoms with Crippen molar-refractivity contribution < 1.29 is 14.4 Å². The molecular weight excluding hydrogens is 404 g/mol. The van der Waals surface area contributed by atoms with Gasteiger partial charge in [-0.2, -0.15) is 0 Å². The van der Waals surface area contributed by atoms with Crippen LogP contribution in [0.1, 0.15) is 52.4 Å². The topological polar surface area (TPSA) is 81.8 Å². The average molecular weight is 433 g/mol. The monoisotopic (exact) mass is 432 g/mol. The van der Waals surface area contributed by atoms with Crippen LogP contribution in [0.5, 0.6) is 0 Å². The predicted octanol–water partition coefficient (Wildman–Crippen LogP) is 1.98. The summed E-state index contributed by atoms with van der Waals surface area (Å²) in [5.41, 5.74) is 4.02. The number of nitrogens with zero attached hydrogens (tertiary/aromatic N) is 2. The number of carbonyl (C=O) groups excluding carboxylic acids is 3. The van der Waals surface area contributed by atoms with Crippen molar-refractivity contribution in [2.45, 2.75) is 44.4 Å². The Hall–Kier alpha value is -3.03. The number of rotatable bonds is 4. The van der Waals surface area contributed by atoms with Gasteiger partial charge >= 0.3 is 0 Å². The van der Waals surface area contributed by atoms with Crippen molar-refractivity contribution in [3.63, 3.8) is 0 Å². The maximum Gasteiger partial charge on any atom is 0.255 e. The van der Waals surface area contributed by atoms with Crippen molar-refractivity contribution in [2.24, 2.45) is 0 Å². The molecule has 7 nitrogen and oxygen atoms in total. The molecule has 3 aliphatic rings. The Morgan fingerprint density at radius 3 is 2.66 bits per heavy atom. The quantitative estimate of drug-likeness (QED) is 0.722. The van der Waals surface area contributed by atoms with E-state index in [1.807, 2.05) is 18.2 Å². The summed E-state index contributed by atoms with van der Waals surface area (Å²) in [6, 6.07) is 16.4. The summed E-state index contributed by atoms with van der Waals surface area (Å²) >= 11 is 0. The van der Waals surface area contributed by atoms with Crippen LogP contribution in [-0.4, -0.2) is 53.2 Å². The first-order chi connectivity index (χ1) is 15.6. The van der Waals surface area contributed by atoms with E-state index in [9.17, 15) is 14.4 Å². The van der Waals surface area contributed by atoms with Gasteiger partial charge in [0.05, 0.1) is 0 Å². The molecule has 0 radical (unpaired) electrons. The predicted molar refractivity (Wildman–Crippen MR) is 120 cm³/mol. The van der Waals surface area contributed by atoms with Gasteiger partial charge in [-0.3, -0.25) is 24.6 Å². The first-order valence-corrected chi connectivity index (χ1v) is 11.4. The van der Waals surface area contributed by atoms with Crippen LogP contribution in [-0.2, 0) is 22.7 Å². The van der Waals surface area contributed by atoms with E-state index < -0.39 is 6.04 Å². The minimum atomic E-state index is -0.574. The van der Waals surface area contributed by atoms with Crippen LogP contribution in [0.2, 0.25) is 0 Å². The number of piperidine rings is 1. The Labute approximate surface area is 187 Å². The zero-order valence-electron chi connectivity index (χ0n) is 18.0. The van der Waals surface area contributed by atoms with Gasteiger partial charge in [-0.1, -0.05) is 42.5 Å². The molecule has 3 aliphatic heterocycles. The molecule has 32 heavy (non-hydrogen) atoms. The van der Waals surface area contributed by atoms with E-state index in [-0.39, 0.29) is 30.2 Å². The standard InChI is InChI=1S/C25H28N4O3/c30-23-10-9-21(24(31)27-23)29-16-19-8-7-17(13-20(19)25(29)32)15-28-12-4-11-26-14-22(28)18-5-2-1-3-6-18/h1-3,5-8,13,21-22,26H,4,9-12,14-16H2,(H,27,30,31). The Bertz CT molecular complexity index is 1040. The minimum absolute atomic E-state index is 0.117. The summed E-state index contributed by atoms with van der Waals surface area (Å²) in [6.45, 7) is 4.07. The van der Waals surface area contributed by atoms with Gasteiger partial charge in [-0.25, -0.2) is 0 Å². The zero-order valence-corrected chi connectivity index (χ0v) is 18.0. The van der Waals surface area contributed by atoms with Gasteiger partial charge < -0.3 is 10.2 Å². The van der Waals surface area contributed by atoms with Gasteiger partial charge in [0.25, 0.3) is 5.91 Å². The van der Waals surface area contributed by atoms with E-state index in [4.69, 9.17) is 0 Å². The fraction of sp³-hybridized carbons (Fsp3) is 0.400. The van der Waals surface area contributed by atoms with E-state index in [1.165, 1.54) is 5.56 Å². The zero-order chi connectivity index (χ0) is 22.1. The maximum atomic E-state index is 13.1. The van der Waals surface area contributed by atoms with Gasteiger partial charge in [0.2, 0.25) is 11.8 Å². The molecule has 0 aliphatic carbocycles. The molecule has 0 bridgehead atoms. The Balaban J connectivity index is 1.35. The van der Waals surface area contributed by atoms with Gasteiger partial charge in [0.15, 0.2) is 0 Å². The normalized spacial score (nSPS) is 24.2. The lowest BCUT2D eigenvalue weighted by molar-refractivity contribution is -0.136. The molecule has 0 spiro atoms. The molecule has 2 atom stereocenters. The third-order valence-corrected chi connectivity index (χ3v) is 6.74. The summed E-state index contributed by atoms with van der Waals surface area (Å²) in [7, 11) is 0. The Morgan fingerprint density at radius 2 is 1.84 bits per heavy atom. The van der Waals surface area contributed by atoms with E-state index in [1.54, 1.807) is 4.90 Å². The smallest absolute Gasteiger partial charge is 0.255 e. The van der Waals surface area contributed by atoms with Crippen LogP contribution in [0.3, 0.4) is 0 Å². The summed E-state index contributed by atoms with van der Waals surface area (Å²) in [6.07, 6.45) is 1.74. The van der Waals surface area contributed by atoms with Gasteiger partial charge in [-0.05, 0) is 42.1 Å². The molecule has 3 heterocycles. The Morgan fingerprint density at radius 1 is 1.00 bits per heavy atom. The lowest BCUT2D eigenvalue weighted by Gasteiger charge is -2.30. The number of nitrogens with one attached hydrogen (secondary N) is 2. The average Bonchev–Trinajstić information content (AvgIpc) is 2.96. The highest BCUT2D eigenvalue weighted by Crippen LogP contribution is 2.30. The van der Waals surface area contributed by atoms with Crippen molar-refractivity contribution in [3.05, 3.63) is 70.8 Å². The van der Waals surface area contributed by atoms with Crippen molar-refractivity contribution in [1.29, 1.82) is 0 Å². The molecule has 2 N–H and O–H groups in total. The van der Waals surface area contributed by atoms with Gasteiger partial charge in [0.1, 0.15) is 6.04 Å². The molecule has 7 heteroatoms. The lowest BCUT2D eigenvalue weighted by atomic mass is 10.0.